The highest BCUT2D eigenvalue weighted by Gasteiger charge is 2.22. The van der Waals surface area contributed by atoms with Crippen molar-refractivity contribution in [3.05, 3.63) is 54.1 Å². The number of likely N-dealkylation sites (tertiary alicyclic amines) is 1. The number of aromatic nitrogens is 2. The minimum Gasteiger partial charge on any atom is -0.356 e. The van der Waals surface area contributed by atoms with Gasteiger partial charge in [-0.3, -0.25) is 9.69 Å². The molecule has 1 saturated heterocycles. The zero-order valence-electron chi connectivity index (χ0n) is 14.3. The van der Waals surface area contributed by atoms with E-state index in [0.717, 1.165) is 38.4 Å². The van der Waals surface area contributed by atoms with Crippen LogP contribution in [0.15, 0.2) is 42.7 Å². The van der Waals surface area contributed by atoms with Gasteiger partial charge in [-0.1, -0.05) is 30.3 Å². The fourth-order valence-electron chi connectivity index (χ4n) is 3.27. The van der Waals surface area contributed by atoms with Gasteiger partial charge < -0.3 is 9.88 Å². The predicted molar refractivity (Wildman–Crippen MR) is 94.4 cm³/mol. The molecule has 0 saturated carbocycles. The SMILES string of the molecule is Cc1nccn1CCC(=O)NC[C@H]1CCN(Cc2ccccc2)C1. The molecule has 1 atom stereocenters. The van der Waals surface area contributed by atoms with Crippen LogP contribution in [0.4, 0.5) is 0 Å². The summed E-state index contributed by atoms with van der Waals surface area (Å²) in [4.78, 5) is 18.7. The Morgan fingerprint density at radius 2 is 2.17 bits per heavy atom. The van der Waals surface area contributed by atoms with E-state index < -0.39 is 0 Å². The molecule has 2 heterocycles. The molecule has 1 aliphatic heterocycles. The Labute approximate surface area is 143 Å². The van der Waals surface area contributed by atoms with Crippen LogP contribution in [0.25, 0.3) is 0 Å². The smallest absolute Gasteiger partial charge is 0.221 e. The summed E-state index contributed by atoms with van der Waals surface area (Å²) in [6.07, 6.45) is 5.36. The molecule has 5 nitrogen and oxygen atoms in total. The van der Waals surface area contributed by atoms with Crippen molar-refractivity contribution < 1.29 is 4.79 Å². The summed E-state index contributed by atoms with van der Waals surface area (Å²) in [5, 5.41) is 3.09. The minimum absolute atomic E-state index is 0.129. The van der Waals surface area contributed by atoms with Crippen molar-refractivity contribution in [2.45, 2.75) is 32.9 Å². The van der Waals surface area contributed by atoms with Crippen molar-refractivity contribution in [1.82, 2.24) is 19.8 Å². The zero-order valence-corrected chi connectivity index (χ0v) is 14.3. The molecule has 1 aromatic heterocycles. The summed E-state index contributed by atoms with van der Waals surface area (Å²) >= 11 is 0. The second kappa shape index (κ2) is 8.11. The summed E-state index contributed by atoms with van der Waals surface area (Å²) in [6, 6.07) is 10.6. The third kappa shape index (κ3) is 4.68. The summed E-state index contributed by atoms with van der Waals surface area (Å²) in [6.45, 7) is 6.62. The Kier molecular flexibility index (Phi) is 5.64. The highest BCUT2D eigenvalue weighted by molar-refractivity contribution is 5.75. The van der Waals surface area contributed by atoms with Crippen molar-refractivity contribution in [2.24, 2.45) is 5.92 Å². The lowest BCUT2D eigenvalue weighted by atomic mass is 10.1. The van der Waals surface area contributed by atoms with Crippen molar-refractivity contribution >= 4 is 5.91 Å². The maximum Gasteiger partial charge on any atom is 0.221 e. The molecular formula is C19H26N4O. The Bertz CT molecular complexity index is 652. The number of aryl methyl sites for hydroxylation is 2. The number of nitrogens with zero attached hydrogens (tertiary/aromatic N) is 3. The van der Waals surface area contributed by atoms with Crippen molar-refractivity contribution in [1.29, 1.82) is 0 Å². The van der Waals surface area contributed by atoms with E-state index in [1.54, 1.807) is 6.20 Å². The Balaban J connectivity index is 1.35. The molecule has 2 aromatic rings. The zero-order chi connectivity index (χ0) is 16.8. The maximum atomic E-state index is 12.0. The van der Waals surface area contributed by atoms with Gasteiger partial charge in [-0.15, -0.1) is 0 Å². The number of carbonyl (C=O) groups excluding carboxylic acids is 1. The fraction of sp³-hybridized carbons (Fsp3) is 0.474. The second-order valence-electron chi connectivity index (χ2n) is 6.60. The first-order chi connectivity index (χ1) is 11.7. The largest absolute Gasteiger partial charge is 0.356 e. The van der Waals surface area contributed by atoms with Crippen LogP contribution in [0.2, 0.25) is 0 Å². The van der Waals surface area contributed by atoms with Crippen molar-refractivity contribution in [3.8, 4) is 0 Å². The molecular weight excluding hydrogens is 300 g/mol. The fourth-order valence-corrected chi connectivity index (χ4v) is 3.27. The van der Waals surface area contributed by atoms with Crippen LogP contribution < -0.4 is 5.32 Å². The number of hydrogen-bond acceptors (Lipinski definition) is 3. The van der Waals surface area contributed by atoms with E-state index in [4.69, 9.17) is 0 Å². The molecule has 0 spiro atoms. The second-order valence-corrected chi connectivity index (χ2v) is 6.60. The standard InChI is InChI=1S/C19H26N4O/c1-16-20-9-12-23(16)11-8-19(24)21-13-18-7-10-22(15-18)14-17-5-3-2-4-6-17/h2-6,9,12,18H,7-8,10-11,13-15H2,1H3,(H,21,24)/t18-/m1/s1. The Morgan fingerprint density at radius 3 is 2.92 bits per heavy atom. The van der Waals surface area contributed by atoms with E-state index in [1.807, 2.05) is 17.7 Å². The first-order valence-corrected chi connectivity index (χ1v) is 8.71. The van der Waals surface area contributed by atoms with Gasteiger partial charge in [0.05, 0.1) is 0 Å². The number of rotatable bonds is 7. The molecule has 3 rings (SSSR count). The average molecular weight is 326 g/mol. The molecule has 1 fully saturated rings. The van der Waals surface area contributed by atoms with Crippen molar-refractivity contribution in [3.63, 3.8) is 0 Å². The molecule has 0 radical (unpaired) electrons. The summed E-state index contributed by atoms with van der Waals surface area (Å²) < 4.78 is 2.01. The molecule has 128 valence electrons. The van der Waals surface area contributed by atoms with E-state index in [1.165, 1.54) is 5.56 Å². The molecule has 1 N–H and O–H groups in total. The Hall–Kier alpha value is -2.14. The summed E-state index contributed by atoms with van der Waals surface area (Å²) in [5.41, 5.74) is 1.36. The van der Waals surface area contributed by atoms with Gasteiger partial charge in [0.2, 0.25) is 5.91 Å². The van der Waals surface area contributed by atoms with Crippen LogP contribution >= 0.6 is 0 Å². The topological polar surface area (TPSA) is 50.2 Å². The molecule has 24 heavy (non-hydrogen) atoms. The van der Waals surface area contributed by atoms with Crippen LogP contribution in [0.3, 0.4) is 0 Å². The molecule has 0 bridgehead atoms. The predicted octanol–water partition coefficient (Wildman–Crippen LogP) is 2.22. The number of benzene rings is 1. The number of nitrogens with one attached hydrogen (secondary N) is 1. The normalized spacial score (nSPS) is 18.0. The van der Waals surface area contributed by atoms with Crippen LogP contribution in [0, 0.1) is 12.8 Å². The van der Waals surface area contributed by atoms with Crippen LogP contribution in [0.5, 0.6) is 0 Å². The molecule has 1 aromatic carbocycles. The van der Waals surface area contributed by atoms with Gasteiger partial charge in [0.1, 0.15) is 5.82 Å². The summed E-state index contributed by atoms with van der Waals surface area (Å²) in [5.74, 6) is 1.65. The van der Waals surface area contributed by atoms with E-state index in [0.29, 0.717) is 18.9 Å². The van der Waals surface area contributed by atoms with E-state index >= 15 is 0 Å². The minimum atomic E-state index is 0.129. The molecule has 1 amide bonds. The van der Waals surface area contributed by atoms with E-state index in [-0.39, 0.29) is 5.91 Å². The lowest BCUT2D eigenvalue weighted by Crippen LogP contribution is -2.31. The van der Waals surface area contributed by atoms with Gasteiger partial charge in [-0.05, 0) is 31.4 Å². The quantitative estimate of drug-likeness (QED) is 0.849. The van der Waals surface area contributed by atoms with E-state index in [2.05, 4.69) is 45.5 Å². The van der Waals surface area contributed by atoms with Crippen LogP contribution in [0.1, 0.15) is 24.2 Å². The molecule has 0 unspecified atom stereocenters. The first kappa shape index (κ1) is 16.7. The lowest BCUT2D eigenvalue weighted by Gasteiger charge is -2.16. The number of imidazole rings is 1. The highest BCUT2D eigenvalue weighted by Crippen LogP contribution is 2.18. The van der Waals surface area contributed by atoms with Crippen molar-refractivity contribution in [2.75, 3.05) is 19.6 Å². The Morgan fingerprint density at radius 1 is 1.33 bits per heavy atom. The van der Waals surface area contributed by atoms with Crippen LogP contribution in [-0.4, -0.2) is 40.0 Å². The van der Waals surface area contributed by atoms with Gasteiger partial charge in [0.25, 0.3) is 0 Å². The highest BCUT2D eigenvalue weighted by atomic mass is 16.1. The maximum absolute atomic E-state index is 12.0. The third-order valence-electron chi connectivity index (χ3n) is 4.71. The van der Waals surface area contributed by atoms with Gasteiger partial charge >= 0.3 is 0 Å². The van der Waals surface area contributed by atoms with Gasteiger partial charge in [-0.2, -0.15) is 0 Å². The third-order valence-corrected chi connectivity index (χ3v) is 4.71. The lowest BCUT2D eigenvalue weighted by molar-refractivity contribution is -0.121. The average Bonchev–Trinajstić information content (AvgIpc) is 3.21. The van der Waals surface area contributed by atoms with Gasteiger partial charge in [0.15, 0.2) is 0 Å². The molecule has 1 aliphatic rings. The summed E-state index contributed by atoms with van der Waals surface area (Å²) in [7, 11) is 0. The number of carbonyl (C=O) groups is 1. The molecule has 0 aliphatic carbocycles. The van der Waals surface area contributed by atoms with Gasteiger partial charge in [0, 0.05) is 45.0 Å². The van der Waals surface area contributed by atoms with E-state index in [9.17, 15) is 4.79 Å². The number of hydrogen-bond donors (Lipinski definition) is 1. The monoisotopic (exact) mass is 326 g/mol. The first-order valence-electron chi connectivity index (χ1n) is 8.71. The number of amides is 1. The van der Waals surface area contributed by atoms with Crippen LogP contribution in [-0.2, 0) is 17.9 Å². The molecule has 5 heteroatoms. The van der Waals surface area contributed by atoms with Gasteiger partial charge in [-0.25, -0.2) is 4.98 Å².